The molecule has 7 heteroatoms. The van der Waals surface area contributed by atoms with Crippen LogP contribution in [0.4, 0.5) is 0 Å². The average Bonchev–Trinajstić information content (AvgIpc) is 2.74. The highest BCUT2D eigenvalue weighted by Crippen LogP contribution is 2.31. The average molecular weight is 417 g/mol. The minimum absolute atomic E-state index is 0.0232. The van der Waals surface area contributed by atoms with Gasteiger partial charge in [-0.05, 0) is 43.0 Å². The number of benzene rings is 2. The van der Waals surface area contributed by atoms with Crippen molar-refractivity contribution in [2.45, 2.75) is 31.2 Å². The number of rotatable bonds is 6. The maximum atomic E-state index is 13.3. The second-order valence-electron chi connectivity index (χ2n) is 7.54. The summed E-state index contributed by atoms with van der Waals surface area (Å²) in [6, 6.07) is 14.9. The summed E-state index contributed by atoms with van der Waals surface area (Å²) in [7, 11) is -0.507. The highest BCUT2D eigenvalue weighted by Gasteiger charge is 2.35. The van der Waals surface area contributed by atoms with Crippen molar-refractivity contribution in [3.05, 3.63) is 59.7 Å². The van der Waals surface area contributed by atoms with E-state index in [0.717, 1.165) is 11.1 Å². The van der Waals surface area contributed by atoms with Crippen LogP contribution >= 0.6 is 0 Å². The first kappa shape index (κ1) is 21.3. The molecule has 0 radical (unpaired) electrons. The Morgan fingerprint density at radius 1 is 1.21 bits per heavy atom. The SMILES string of the molecule is COc1ccc(C)cc1S(=O)(=O)N1CCCC(C(=O)N(C)Cc2ccccc2)C1. The van der Waals surface area contributed by atoms with Gasteiger partial charge in [0, 0.05) is 26.7 Å². The lowest BCUT2D eigenvalue weighted by molar-refractivity contribution is -0.135. The lowest BCUT2D eigenvalue weighted by Gasteiger charge is -2.33. The van der Waals surface area contributed by atoms with Crippen molar-refractivity contribution < 1.29 is 17.9 Å². The number of aryl methyl sites for hydroxylation is 1. The number of methoxy groups -OCH3 is 1. The van der Waals surface area contributed by atoms with Crippen LogP contribution in [0.2, 0.25) is 0 Å². The predicted molar refractivity (Wildman–Crippen MR) is 112 cm³/mol. The fraction of sp³-hybridized carbons (Fsp3) is 0.409. The van der Waals surface area contributed by atoms with E-state index in [4.69, 9.17) is 4.74 Å². The molecule has 0 saturated carbocycles. The number of ether oxygens (including phenoxy) is 1. The van der Waals surface area contributed by atoms with Crippen molar-refractivity contribution in [1.82, 2.24) is 9.21 Å². The largest absolute Gasteiger partial charge is 0.495 e. The Labute approximate surface area is 173 Å². The summed E-state index contributed by atoms with van der Waals surface area (Å²) < 4.78 is 33.2. The van der Waals surface area contributed by atoms with E-state index in [9.17, 15) is 13.2 Å². The summed E-state index contributed by atoms with van der Waals surface area (Å²) in [5.41, 5.74) is 1.89. The molecule has 156 valence electrons. The van der Waals surface area contributed by atoms with E-state index in [-0.39, 0.29) is 23.3 Å². The Bertz CT molecular complexity index is 960. The number of sulfonamides is 1. The van der Waals surface area contributed by atoms with Gasteiger partial charge in [0.1, 0.15) is 10.6 Å². The maximum absolute atomic E-state index is 13.3. The first-order valence-corrected chi connectivity index (χ1v) is 11.2. The molecule has 0 N–H and O–H groups in total. The zero-order chi connectivity index (χ0) is 21.0. The van der Waals surface area contributed by atoms with Crippen LogP contribution in [-0.2, 0) is 21.4 Å². The second kappa shape index (κ2) is 8.97. The zero-order valence-corrected chi connectivity index (χ0v) is 18.0. The van der Waals surface area contributed by atoms with Gasteiger partial charge in [0.25, 0.3) is 0 Å². The number of nitrogens with zero attached hydrogens (tertiary/aromatic N) is 2. The molecule has 1 amide bonds. The molecule has 6 nitrogen and oxygen atoms in total. The van der Waals surface area contributed by atoms with Gasteiger partial charge >= 0.3 is 0 Å². The van der Waals surface area contributed by atoms with Crippen molar-refractivity contribution in [3.63, 3.8) is 0 Å². The minimum atomic E-state index is -3.74. The Hall–Kier alpha value is -2.38. The van der Waals surface area contributed by atoms with Gasteiger partial charge in [0.15, 0.2) is 0 Å². The van der Waals surface area contributed by atoms with Gasteiger partial charge < -0.3 is 9.64 Å². The first-order valence-electron chi connectivity index (χ1n) is 9.76. The summed E-state index contributed by atoms with van der Waals surface area (Å²) in [6.45, 7) is 2.96. The van der Waals surface area contributed by atoms with Crippen LogP contribution < -0.4 is 4.74 Å². The number of hydrogen-bond donors (Lipinski definition) is 0. The molecule has 1 heterocycles. The van der Waals surface area contributed by atoms with Crippen LogP contribution in [0.15, 0.2) is 53.4 Å². The molecule has 0 spiro atoms. The third-order valence-corrected chi connectivity index (χ3v) is 7.20. The van der Waals surface area contributed by atoms with Gasteiger partial charge in [-0.2, -0.15) is 4.31 Å². The van der Waals surface area contributed by atoms with E-state index < -0.39 is 10.0 Å². The van der Waals surface area contributed by atoms with Crippen LogP contribution in [-0.4, -0.2) is 50.8 Å². The molecule has 1 saturated heterocycles. The summed E-state index contributed by atoms with van der Waals surface area (Å²) in [4.78, 5) is 14.8. The lowest BCUT2D eigenvalue weighted by Crippen LogP contribution is -2.45. The highest BCUT2D eigenvalue weighted by atomic mass is 32.2. The topological polar surface area (TPSA) is 66.9 Å². The third-order valence-electron chi connectivity index (χ3n) is 5.31. The van der Waals surface area contributed by atoms with Crippen LogP contribution in [0.3, 0.4) is 0 Å². The number of piperidine rings is 1. The van der Waals surface area contributed by atoms with E-state index in [2.05, 4.69) is 0 Å². The molecular formula is C22H28N2O4S. The van der Waals surface area contributed by atoms with Crippen molar-refractivity contribution >= 4 is 15.9 Å². The van der Waals surface area contributed by atoms with E-state index in [0.29, 0.717) is 31.7 Å². The molecular weight excluding hydrogens is 388 g/mol. The molecule has 0 aliphatic carbocycles. The smallest absolute Gasteiger partial charge is 0.246 e. The van der Waals surface area contributed by atoms with E-state index in [1.54, 1.807) is 24.1 Å². The molecule has 1 aliphatic heterocycles. The predicted octanol–water partition coefficient (Wildman–Crippen LogP) is 3.06. The third kappa shape index (κ3) is 4.79. The van der Waals surface area contributed by atoms with Gasteiger partial charge in [-0.25, -0.2) is 8.42 Å². The number of carbonyl (C=O) groups is 1. The molecule has 1 atom stereocenters. The van der Waals surface area contributed by atoms with Gasteiger partial charge in [0.05, 0.1) is 13.0 Å². The molecule has 1 unspecified atom stereocenters. The van der Waals surface area contributed by atoms with Crippen molar-refractivity contribution in [2.75, 3.05) is 27.2 Å². The van der Waals surface area contributed by atoms with Crippen molar-refractivity contribution in [1.29, 1.82) is 0 Å². The highest BCUT2D eigenvalue weighted by molar-refractivity contribution is 7.89. The fourth-order valence-corrected chi connectivity index (χ4v) is 5.50. The second-order valence-corrected chi connectivity index (χ2v) is 9.44. The van der Waals surface area contributed by atoms with Crippen LogP contribution in [0.1, 0.15) is 24.0 Å². The van der Waals surface area contributed by atoms with E-state index >= 15 is 0 Å². The Morgan fingerprint density at radius 3 is 2.62 bits per heavy atom. The molecule has 1 fully saturated rings. The van der Waals surface area contributed by atoms with E-state index in [1.165, 1.54) is 11.4 Å². The van der Waals surface area contributed by atoms with Crippen molar-refractivity contribution in [2.24, 2.45) is 5.92 Å². The quantitative estimate of drug-likeness (QED) is 0.726. The first-order chi connectivity index (χ1) is 13.8. The van der Waals surface area contributed by atoms with Crippen LogP contribution in [0, 0.1) is 12.8 Å². The van der Waals surface area contributed by atoms with Gasteiger partial charge in [0.2, 0.25) is 15.9 Å². The van der Waals surface area contributed by atoms with Gasteiger partial charge in [-0.1, -0.05) is 36.4 Å². The van der Waals surface area contributed by atoms with Crippen LogP contribution in [0.25, 0.3) is 0 Å². The molecule has 2 aromatic rings. The van der Waals surface area contributed by atoms with Gasteiger partial charge in [-0.3, -0.25) is 4.79 Å². The molecule has 2 aromatic carbocycles. The number of hydrogen-bond acceptors (Lipinski definition) is 4. The molecule has 29 heavy (non-hydrogen) atoms. The Morgan fingerprint density at radius 2 is 1.93 bits per heavy atom. The zero-order valence-electron chi connectivity index (χ0n) is 17.2. The summed E-state index contributed by atoms with van der Waals surface area (Å²) >= 11 is 0. The van der Waals surface area contributed by atoms with E-state index in [1.807, 2.05) is 43.3 Å². The summed E-state index contributed by atoms with van der Waals surface area (Å²) in [6.07, 6.45) is 1.35. The number of amides is 1. The molecule has 0 aromatic heterocycles. The fourth-order valence-electron chi connectivity index (χ4n) is 3.73. The minimum Gasteiger partial charge on any atom is -0.495 e. The Kier molecular flexibility index (Phi) is 6.59. The maximum Gasteiger partial charge on any atom is 0.246 e. The standard InChI is InChI=1S/C22H28N2O4S/c1-17-11-12-20(28-3)21(14-17)29(26,27)24-13-7-10-19(16-24)22(25)23(2)15-18-8-5-4-6-9-18/h4-6,8-9,11-12,14,19H,7,10,13,15-16H2,1-3H3. The molecule has 0 bridgehead atoms. The molecule has 1 aliphatic rings. The lowest BCUT2D eigenvalue weighted by atomic mass is 9.98. The van der Waals surface area contributed by atoms with Gasteiger partial charge in [-0.15, -0.1) is 0 Å². The summed E-state index contributed by atoms with van der Waals surface area (Å²) in [5.74, 6) is -0.0433. The monoisotopic (exact) mass is 416 g/mol. The van der Waals surface area contributed by atoms with Crippen molar-refractivity contribution in [3.8, 4) is 5.75 Å². The normalized spacial score (nSPS) is 17.7. The summed E-state index contributed by atoms with van der Waals surface area (Å²) in [5, 5.41) is 0. The number of carbonyl (C=O) groups excluding carboxylic acids is 1. The Balaban J connectivity index is 1.76. The van der Waals surface area contributed by atoms with Crippen LogP contribution in [0.5, 0.6) is 5.75 Å². The molecule has 3 rings (SSSR count).